The van der Waals surface area contributed by atoms with E-state index >= 15 is 0 Å². The average molecular weight is 247 g/mol. The minimum Gasteiger partial charge on any atom is -0.283 e. The van der Waals surface area contributed by atoms with Crippen LogP contribution >= 0.6 is 0 Å². The van der Waals surface area contributed by atoms with Crippen LogP contribution in [0.5, 0.6) is 0 Å². The Morgan fingerprint density at radius 1 is 0.947 bits per heavy atom. The molecule has 0 spiro atoms. The first-order valence-electron chi connectivity index (χ1n) is 5.98. The van der Waals surface area contributed by atoms with Crippen LogP contribution in [-0.2, 0) is 0 Å². The van der Waals surface area contributed by atoms with E-state index in [1.165, 1.54) is 4.57 Å². The first-order chi connectivity index (χ1) is 9.27. The van der Waals surface area contributed by atoms with Gasteiger partial charge in [0.25, 0.3) is 5.56 Å². The van der Waals surface area contributed by atoms with Gasteiger partial charge in [-0.25, -0.2) is 9.55 Å². The number of nitrogens with one attached hydrogen (secondary N) is 1. The van der Waals surface area contributed by atoms with Crippen molar-refractivity contribution in [3.63, 3.8) is 0 Å². The monoisotopic (exact) mass is 247 g/mol. The van der Waals surface area contributed by atoms with Crippen molar-refractivity contribution in [3.8, 4) is 11.4 Å². The summed E-state index contributed by atoms with van der Waals surface area (Å²) in [4.78, 5) is 17.0. The maximum atomic E-state index is 12.5. The summed E-state index contributed by atoms with van der Waals surface area (Å²) in [6.07, 6.45) is 0. The molecule has 4 nitrogen and oxygen atoms in total. The van der Waals surface area contributed by atoms with E-state index in [9.17, 15) is 4.79 Å². The average Bonchev–Trinajstić information content (AvgIpc) is 2.74. The molecule has 19 heavy (non-hydrogen) atoms. The second-order valence-corrected chi connectivity index (χ2v) is 4.49. The number of rotatable bonds is 0. The third-order valence-electron chi connectivity index (χ3n) is 3.42. The normalized spacial score (nSPS) is 12.5. The molecule has 0 amide bonds. The minimum atomic E-state index is -0.179. The van der Waals surface area contributed by atoms with Crippen LogP contribution < -0.4 is 5.56 Å². The summed E-state index contributed by atoms with van der Waals surface area (Å²) >= 11 is 0. The van der Waals surface area contributed by atoms with Gasteiger partial charge in [-0.3, -0.25) is 10.2 Å². The molecular formula is C15H9N3O. The molecule has 0 radical (unpaired) electrons. The van der Waals surface area contributed by atoms with Gasteiger partial charge in [-0.1, -0.05) is 36.4 Å². The Balaban J connectivity index is 2.23. The number of nitrogens with zero attached hydrogens (tertiary/aromatic N) is 2. The molecule has 0 unspecified atom stereocenters. The molecule has 0 aliphatic carbocycles. The van der Waals surface area contributed by atoms with E-state index in [0.717, 1.165) is 11.1 Å². The van der Waals surface area contributed by atoms with Crippen molar-refractivity contribution in [1.29, 1.82) is 5.41 Å². The van der Waals surface area contributed by atoms with E-state index < -0.39 is 0 Å². The molecule has 0 atom stereocenters. The number of fused-ring (bicyclic) bond motifs is 4. The van der Waals surface area contributed by atoms with Crippen molar-refractivity contribution in [2.24, 2.45) is 0 Å². The predicted octanol–water partition coefficient (Wildman–Crippen LogP) is 2.25. The summed E-state index contributed by atoms with van der Waals surface area (Å²) in [6.45, 7) is 0. The second kappa shape index (κ2) is 3.38. The van der Waals surface area contributed by atoms with Gasteiger partial charge in [0.1, 0.15) is 11.7 Å². The molecule has 0 saturated heterocycles. The van der Waals surface area contributed by atoms with E-state index in [1.807, 2.05) is 42.5 Å². The van der Waals surface area contributed by atoms with Gasteiger partial charge in [0, 0.05) is 11.1 Å². The van der Waals surface area contributed by atoms with Crippen molar-refractivity contribution in [2.75, 3.05) is 0 Å². The van der Waals surface area contributed by atoms with Gasteiger partial charge >= 0.3 is 0 Å². The fraction of sp³-hybridized carbons (Fsp3) is 0. The van der Waals surface area contributed by atoms with Crippen molar-refractivity contribution >= 4 is 16.7 Å². The Morgan fingerprint density at radius 3 is 2.47 bits per heavy atom. The van der Waals surface area contributed by atoms with E-state index in [1.54, 1.807) is 6.07 Å². The van der Waals surface area contributed by atoms with Crippen LogP contribution in [0, 0.1) is 5.41 Å². The standard InChI is InChI=1S/C15H9N3O/c16-13-9-5-1-2-6-10(9)14-17-12-8-4-3-7-11(12)15(19)18(13)14/h1-8,16H. The third-order valence-corrected chi connectivity index (χ3v) is 3.42. The zero-order valence-corrected chi connectivity index (χ0v) is 9.92. The van der Waals surface area contributed by atoms with Crippen LogP contribution in [0.3, 0.4) is 0 Å². The molecule has 4 rings (SSSR count). The highest BCUT2D eigenvalue weighted by molar-refractivity contribution is 6.10. The molecule has 1 aromatic heterocycles. The topological polar surface area (TPSA) is 58.7 Å². The zero-order chi connectivity index (χ0) is 13.0. The van der Waals surface area contributed by atoms with E-state index in [-0.39, 0.29) is 11.4 Å². The van der Waals surface area contributed by atoms with E-state index in [4.69, 9.17) is 5.41 Å². The smallest absolute Gasteiger partial charge is 0.267 e. The quantitative estimate of drug-likeness (QED) is 0.518. The van der Waals surface area contributed by atoms with Gasteiger partial charge in [0.05, 0.1) is 10.9 Å². The fourth-order valence-corrected chi connectivity index (χ4v) is 2.53. The summed E-state index contributed by atoms with van der Waals surface area (Å²) in [6, 6.07) is 14.7. The van der Waals surface area contributed by atoms with Crippen molar-refractivity contribution < 1.29 is 0 Å². The molecule has 1 aliphatic rings. The molecule has 4 heteroatoms. The lowest BCUT2D eigenvalue weighted by atomic mass is 10.1. The fourth-order valence-electron chi connectivity index (χ4n) is 2.53. The summed E-state index contributed by atoms with van der Waals surface area (Å²) < 4.78 is 1.38. The number of para-hydroxylation sites is 1. The number of benzene rings is 2. The molecule has 1 N–H and O–H groups in total. The first kappa shape index (κ1) is 10.2. The van der Waals surface area contributed by atoms with Gasteiger partial charge in [0.2, 0.25) is 0 Å². The van der Waals surface area contributed by atoms with Crippen LogP contribution in [0.25, 0.3) is 22.3 Å². The molecular weight excluding hydrogens is 238 g/mol. The molecule has 3 aromatic rings. The molecule has 2 heterocycles. The summed E-state index contributed by atoms with van der Waals surface area (Å²) in [7, 11) is 0. The lowest BCUT2D eigenvalue weighted by molar-refractivity contribution is 1.05. The first-order valence-corrected chi connectivity index (χ1v) is 5.98. The third kappa shape index (κ3) is 1.20. The Morgan fingerprint density at radius 2 is 1.63 bits per heavy atom. The van der Waals surface area contributed by atoms with Crippen molar-refractivity contribution in [1.82, 2.24) is 9.55 Å². The second-order valence-electron chi connectivity index (χ2n) is 4.49. The molecule has 90 valence electrons. The van der Waals surface area contributed by atoms with Crippen molar-refractivity contribution in [2.45, 2.75) is 0 Å². The van der Waals surface area contributed by atoms with Crippen molar-refractivity contribution in [3.05, 3.63) is 64.4 Å². The molecule has 0 bridgehead atoms. The van der Waals surface area contributed by atoms with Gasteiger partial charge in [-0.05, 0) is 12.1 Å². The SMILES string of the molecule is N=C1c2ccccc2-c2nc3ccccc3c(=O)n21. The van der Waals surface area contributed by atoms with Crippen LogP contribution in [0.1, 0.15) is 5.56 Å². The molecule has 2 aromatic carbocycles. The lowest BCUT2D eigenvalue weighted by Gasteiger charge is -2.04. The predicted molar refractivity (Wildman–Crippen MR) is 73.7 cm³/mol. The van der Waals surface area contributed by atoms with Gasteiger partial charge in [-0.2, -0.15) is 0 Å². The highest BCUT2D eigenvalue weighted by Gasteiger charge is 2.26. The summed E-state index contributed by atoms with van der Waals surface area (Å²) in [5.41, 5.74) is 2.09. The summed E-state index contributed by atoms with van der Waals surface area (Å²) in [5, 5.41) is 8.70. The maximum Gasteiger partial charge on any atom is 0.267 e. The van der Waals surface area contributed by atoms with Crippen LogP contribution in [0.2, 0.25) is 0 Å². The molecule has 0 saturated carbocycles. The minimum absolute atomic E-state index is 0.179. The molecule has 1 aliphatic heterocycles. The van der Waals surface area contributed by atoms with Gasteiger partial charge in [-0.15, -0.1) is 0 Å². The van der Waals surface area contributed by atoms with Crippen LogP contribution in [0.15, 0.2) is 53.3 Å². The van der Waals surface area contributed by atoms with Gasteiger partial charge < -0.3 is 0 Å². The Hall–Kier alpha value is -2.75. The highest BCUT2D eigenvalue weighted by atomic mass is 16.1. The number of hydrogen-bond donors (Lipinski definition) is 1. The Labute approximate surface area is 108 Å². The van der Waals surface area contributed by atoms with Crippen LogP contribution in [0.4, 0.5) is 0 Å². The lowest BCUT2D eigenvalue weighted by Crippen LogP contribution is -2.25. The van der Waals surface area contributed by atoms with Gasteiger partial charge in [0.15, 0.2) is 0 Å². The molecule has 0 fully saturated rings. The Kier molecular flexibility index (Phi) is 1.82. The maximum absolute atomic E-state index is 12.5. The summed E-state index contributed by atoms with van der Waals surface area (Å²) in [5.74, 6) is 0.762. The van der Waals surface area contributed by atoms with E-state index in [0.29, 0.717) is 16.7 Å². The Bertz CT molecular complexity index is 909. The zero-order valence-electron chi connectivity index (χ0n) is 9.92. The highest BCUT2D eigenvalue weighted by Crippen LogP contribution is 2.29. The number of aromatic nitrogens is 2. The van der Waals surface area contributed by atoms with E-state index in [2.05, 4.69) is 4.98 Å². The number of hydrogen-bond acceptors (Lipinski definition) is 3. The largest absolute Gasteiger partial charge is 0.283 e. The van der Waals surface area contributed by atoms with Crippen LogP contribution in [-0.4, -0.2) is 15.4 Å².